The van der Waals surface area contributed by atoms with Crippen LogP contribution in [0.4, 0.5) is 5.69 Å². The van der Waals surface area contributed by atoms with E-state index in [4.69, 9.17) is 4.98 Å². The Balaban J connectivity index is 1.70. The molecule has 0 saturated carbocycles. The van der Waals surface area contributed by atoms with Gasteiger partial charge in [-0.15, -0.1) is 0 Å². The molecule has 26 heavy (non-hydrogen) atoms. The Morgan fingerprint density at radius 1 is 1.19 bits per heavy atom. The number of nitrogens with one attached hydrogen (secondary N) is 2. The molecule has 0 radical (unpaired) electrons. The molecule has 0 unspecified atom stereocenters. The van der Waals surface area contributed by atoms with Crippen molar-refractivity contribution < 1.29 is 10.2 Å². The predicted molar refractivity (Wildman–Crippen MR) is 104 cm³/mol. The van der Waals surface area contributed by atoms with Crippen LogP contribution in [-0.2, 0) is 13.0 Å². The van der Waals surface area contributed by atoms with Crippen LogP contribution < -0.4 is 10.6 Å². The number of nitrogens with zero attached hydrogens (tertiary/aromatic N) is 2. The van der Waals surface area contributed by atoms with E-state index in [9.17, 15) is 10.2 Å². The Kier molecular flexibility index (Phi) is 4.63. The molecule has 3 heterocycles. The maximum Gasteiger partial charge on any atom is 0.159 e. The third-order valence-corrected chi connectivity index (χ3v) is 5.72. The summed E-state index contributed by atoms with van der Waals surface area (Å²) in [5, 5.41) is 27.9. The van der Waals surface area contributed by atoms with Crippen molar-refractivity contribution in [2.75, 3.05) is 25.0 Å². The molecule has 1 fully saturated rings. The minimum Gasteiger partial charge on any atom is -0.504 e. The van der Waals surface area contributed by atoms with Crippen molar-refractivity contribution in [3.63, 3.8) is 0 Å². The highest BCUT2D eigenvalue weighted by molar-refractivity contribution is 5.95. The standard InChI is InChI=1S/C20H28N4O2/c1-12(2)24-7-4-13(5-8-24)22-20-14-3-6-21-11-17(14)23-16-10-19(26)18(25)9-15(16)20/h9-10,12-13,21,25-26H,3-8,11H2,1-2H3,(H,22,23). The van der Waals surface area contributed by atoms with Crippen molar-refractivity contribution in [1.82, 2.24) is 15.2 Å². The van der Waals surface area contributed by atoms with Gasteiger partial charge >= 0.3 is 0 Å². The summed E-state index contributed by atoms with van der Waals surface area (Å²) in [6.45, 7) is 8.39. The van der Waals surface area contributed by atoms with Gasteiger partial charge in [0.25, 0.3) is 0 Å². The normalized spacial score (nSPS) is 19.0. The molecule has 0 aliphatic carbocycles. The summed E-state index contributed by atoms with van der Waals surface area (Å²) in [6, 6.07) is 4.22. The first-order chi connectivity index (χ1) is 12.5. The number of benzene rings is 1. The van der Waals surface area contributed by atoms with E-state index < -0.39 is 0 Å². The number of anilines is 1. The van der Waals surface area contributed by atoms with Crippen LogP contribution in [0.25, 0.3) is 10.9 Å². The molecule has 2 aliphatic heterocycles. The molecule has 0 amide bonds. The lowest BCUT2D eigenvalue weighted by Crippen LogP contribution is -2.42. The molecule has 0 atom stereocenters. The fourth-order valence-corrected chi connectivity index (χ4v) is 4.14. The van der Waals surface area contributed by atoms with Gasteiger partial charge in [0.1, 0.15) is 0 Å². The smallest absolute Gasteiger partial charge is 0.159 e. The van der Waals surface area contributed by atoms with Crippen molar-refractivity contribution >= 4 is 16.6 Å². The molecule has 0 spiro atoms. The largest absolute Gasteiger partial charge is 0.504 e. The molecular weight excluding hydrogens is 328 g/mol. The summed E-state index contributed by atoms with van der Waals surface area (Å²) in [7, 11) is 0. The fraction of sp³-hybridized carbons (Fsp3) is 0.550. The Hall–Kier alpha value is -2.05. The van der Waals surface area contributed by atoms with Crippen LogP contribution in [-0.4, -0.2) is 51.8 Å². The summed E-state index contributed by atoms with van der Waals surface area (Å²) >= 11 is 0. The van der Waals surface area contributed by atoms with E-state index in [1.54, 1.807) is 12.1 Å². The van der Waals surface area contributed by atoms with Gasteiger partial charge in [-0.3, -0.25) is 4.98 Å². The van der Waals surface area contributed by atoms with Gasteiger partial charge in [-0.1, -0.05) is 0 Å². The minimum absolute atomic E-state index is 0.0918. The van der Waals surface area contributed by atoms with Crippen LogP contribution in [0.5, 0.6) is 11.5 Å². The lowest BCUT2D eigenvalue weighted by Gasteiger charge is -2.36. The zero-order valence-electron chi connectivity index (χ0n) is 15.5. The molecule has 2 aliphatic rings. The van der Waals surface area contributed by atoms with E-state index in [0.29, 0.717) is 12.1 Å². The monoisotopic (exact) mass is 356 g/mol. The van der Waals surface area contributed by atoms with E-state index in [0.717, 1.165) is 67.7 Å². The Labute approximate surface area is 154 Å². The van der Waals surface area contributed by atoms with Crippen molar-refractivity contribution in [3.05, 3.63) is 23.4 Å². The molecule has 6 heteroatoms. The number of fused-ring (bicyclic) bond motifs is 2. The van der Waals surface area contributed by atoms with Crippen molar-refractivity contribution in [1.29, 1.82) is 0 Å². The second kappa shape index (κ2) is 6.93. The van der Waals surface area contributed by atoms with Crippen molar-refractivity contribution in [2.45, 2.75) is 51.7 Å². The molecular formula is C20H28N4O2. The number of hydrogen-bond donors (Lipinski definition) is 4. The third kappa shape index (κ3) is 3.19. The highest BCUT2D eigenvalue weighted by atomic mass is 16.3. The molecule has 4 N–H and O–H groups in total. The Morgan fingerprint density at radius 2 is 1.92 bits per heavy atom. The summed E-state index contributed by atoms with van der Waals surface area (Å²) in [5.74, 6) is -0.212. The number of phenols is 2. The van der Waals surface area contributed by atoms with Gasteiger partial charge in [0.05, 0.1) is 11.2 Å². The molecule has 2 aromatic rings. The maximum absolute atomic E-state index is 10.0. The van der Waals surface area contributed by atoms with Crippen LogP contribution in [0.15, 0.2) is 12.1 Å². The fourth-order valence-electron chi connectivity index (χ4n) is 4.14. The summed E-state index contributed by atoms with van der Waals surface area (Å²) in [4.78, 5) is 7.24. The number of pyridine rings is 1. The molecule has 140 valence electrons. The number of piperidine rings is 1. The predicted octanol–water partition coefficient (Wildman–Crippen LogP) is 2.58. The second-order valence-electron chi connectivity index (χ2n) is 7.75. The summed E-state index contributed by atoms with van der Waals surface area (Å²) in [5.41, 5.74) is 4.10. The van der Waals surface area contributed by atoms with Crippen molar-refractivity contribution in [2.24, 2.45) is 0 Å². The van der Waals surface area contributed by atoms with Gasteiger partial charge in [0.15, 0.2) is 11.5 Å². The van der Waals surface area contributed by atoms with E-state index in [2.05, 4.69) is 29.4 Å². The molecule has 0 bridgehead atoms. The number of aromatic hydroxyl groups is 2. The highest BCUT2D eigenvalue weighted by Gasteiger charge is 2.24. The van der Waals surface area contributed by atoms with Gasteiger partial charge in [0.2, 0.25) is 0 Å². The van der Waals surface area contributed by atoms with E-state index in [-0.39, 0.29) is 11.5 Å². The second-order valence-corrected chi connectivity index (χ2v) is 7.75. The Morgan fingerprint density at radius 3 is 2.65 bits per heavy atom. The van der Waals surface area contributed by atoms with Gasteiger partial charge < -0.3 is 25.7 Å². The lowest BCUT2D eigenvalue weighted by atomic mass is 9.97. The van der Waals surface area contributed by atoms with Gasteiger partial charge in [0, 0.05) is 54.4 Å². The van der Waals surface area contributed by atoms with Gasteiger partial charge in [-0.2, -0.15) is 0 Å². The maximum atomic E-state index is 10.0. The first-order valence-electron chi connectivity index (χ1n) is 9.61. The quantitative estimate of drug-likeness (QED) is 0.633. The van der Waals surface area contributed by atoms with Crippen LogP contribution >= 0.6 is 0 Å². The molecule has 1 aromatic carbocycles. The topological polar surface area (TPSA) is 80.7 Å². The molecule has 4 rings (SSSR count). The lowest BCUT2D eigenvalue weighted by molar-refractivity contribution is 0.177. The zero-order chi connectivity index (χ0) is 18.3. The van der Waals surface area contributed by atoms with Crippen LogP contribution in [0, 0.1) is 0 Å². The first-order valence-corrected chi connectivity index (χ1v) is 9.61. The van der Waals surface area contributed by atoms with Crippen LogP contribution in [0.2, 0.25) is 0 Å². The van der Waals surface area contributed by atoms with Crippen LogP contribution in [0.1, 0.15) is 37.9 Å². The zero-order valence-corrected chi connectivity index (χ0v) is 15.5. The minimum atomic E-state index is -0.120. The molecule has 1 aromatic heterocycles. The van der Waals surface area contributed by atoms with E-state index in [1.165, 1.54) is 5.56 Å². The number of likely N-dealkylation sites (tertiary alicyclic amines) is 1. The number of phenolic OH excluding ortho intramolecular Hbond substituents is 2. The number of hydrogen-bond acceptors (Lipinski definition) is 6. The van der Waals surface area contributed by atoms with E-state index in [1.807, 2.05) is 0 Å². The SMILES string of the molecule is CC(C)N1CCC(Nc2c3c(nc4cc(O)c(O)cc24)CNCC3)CC1. The first kappa shape index (κ1) is 17.4. The van der Waals surface area contributed by atoms with Crippen molar-refractivity contribution in [3.8, 4) is 11.5 Å². The number of aromatic nitrogens is 1. The highest BCUT2D eigenvalue weighted by Crippen LogP contribution is 2.37. The summed E-state index contributed by atoms with van der Waals surface area (Å²) in [6.07, 6.45) is 3.14. The average Bonchev–Trinajstić information content (AvgIpc) is 2.63. The Bertz CT molecular complexity index is 813. The van der Waals surface area contributed by atoms with E-state index >= 15 is 0 Å². The number of rotatable bonds is 3. The van der Waals surface area contributed by atoms with Gasteiger partial charge in [-0.05, 0) is 45.7 Å². The van der Waals surface area contributed by atoms with Gasteiger partial charge in [-0.25, -0.2) is 0 Å². The molecule has 6 nitrogen and oxygen atoms in total. The summed E-state index contributed by atoms with van der Waals surface area (Å²) < 4.78 is 0. The third-order valence-electron chi connectivity index (χ3n) is 5.72. The van der Waals surface area contributed by atoms with Crippen LogP contribution in [0.3, 0.4) is 0 Å². The molecule has 1 saturated heterocycles. The average molecular weight is 356 g/mol.